The van der Waals surface area contributed by atoms with Crippen molar-refractivity contribution < 1.29 is 36.7 Å². The lowest BCUT2D eigenvalue weighted by atomic mass is 9.99. The molecule has 6 nitrogen and oxygen atoms in total. The minimum Gasteiger partial charge on any atom is -0.480 e. The van der Waals surface area contributed by atoms with Crippen LogP contribution < -0.4 is 10.6 Å². The highest BCUT2D eigenvalue weighted by Crippen LogP contribution is 2.33. The van der Waals surface area contributed by atoms with Gasteiger partial charge in [0.2, 0.25) is 5.91 Å². The topological polar surface area (TPSA) is 91.6 Å². The predicted octanol–water partition coefficient (Wildman–Crippen LogP) is 5.42. The maximum atomic E-state index is 14.8. The second kappa shape index (κ2) is 10.5. The van der Waals surface area contributed by atoms with Crippen LogP contribution in [0.2, 0.25) is 0 Å². The number of hydrogen-bond donors (Lipinski definition) is 3. The molecule has 3 rings (SSSR count). The van der Waals surface area contributed by atoms with Gasteiger partial charge < -0.3 is 20.2 Å². The number of rotatable bonds is 8. The Morgan fingerprint density at radius 2 is 1.60 bits per heavy atom. The summed E-state index contributed by atoms with van der Waals surface area (Å²) in [5.74, 6) is -7.50. The number of carbonyl (C=O) groups is 2. The maximum absolute atomic E-state index is 14.8. The first-order chi connectivity index (χ1) is 16.5. The fourth-order valence-corrected chi connectivity index (χ4v) is 3.21. The van der Waals surface area contributed by atoms with Crippen molar-refractivity contribution in [1.29, 1.82) is 0 Å². The van der Waals surface area contributed by atoms with Gasteiger partial charge in [0.15, 0.2) is 23.3 Å². The van der Waals surface area contributed by atoms with Crippen LogP contribution in [-0.2, 0) is 16.1 Å². The largest absolute Gasteiger partial charge is 0.480 e. The summed E-state index contributed by atoms with van der Waals surface area (Å²) in [5, 5.41) is 14.0. The van der Waals surface area contributed by atoms with E-state index in [9.17, 15) is 27.2 Å². The summed E-state index contributed by atoms with van der Waals surface area (Å²) in [6.45, 7) is 4.47. The van der Waals surface area contributed by atoms with Crippen molar-refractivity contribution in [3.05, 3.63) is 82.3 Å². The first-order valence-electron chi connectivity index (χ1n) is 10.5. The van der Waals surface area contributed by atoms with Gasteiger partial charge in [-0.25, -0.2) is 17.6 Å². The van der Waals surface area contributed by atoms with Crippen molar-refractivity contribution >= 4 is 23.6 Å². The molecule has 1 amide bonds. The van der Waals surface area contributed by atoms with Gasteiger partial charge in [0.05, 0.1) is 17.7 Å². The zero-order valence-corrected chi connectivity index (χ0v) is 19.0. The molecule has 0 aliphatic heterocycles. The molecule has 10 heteroatoms. The second-order valence-electron chi connectivity index (χ2n) is 7.85. The molecule has 1 atom stereocenters. The van der Waals surface area contributed by atoms with E-state index in [2.05, 4.69) is 10.6 Å². The number of benzene rings is 2. The van der Waals surface area contributed by atoms with Crippen molar-refractivity contribution in [3.8, 4) is 11.1 Å². The molecule has 0 radical (unpaired) electrons. The van der Waals surface area contributed by atoms with Crippen molar-refractivity contribution in [1.82, 2.24) is 5.32 Å². The van der Waals surface area contributed by atoms with Gasteiger partial charge in [-0.05, 0) is 56.7 Å². The smallest absolute Gasteiger partial charge is 0.325 e. The van der Waals surface area contributed by atoms with Crippen LogP contribution in [0.1, 0.15) is 30.9 Å². The SMILES string of the molecule is C/C(=C\c1c(F)c(F)c(-c2ccc(NCc3ccc(C)o3)cc2)c(F)c1F)C(=O)NC(C)C(=O)O. The van der Waals surface area contributed by atoms with E-state index in [1.165, 1.54) is 31.2 Å². The summed E-state index contributed by atoms with van der Waals surface area (Å²) in [5.41, 5.74) is -1.85. The number of hydrogen-bond acceptors (Lipinski definition) is 4. The Balaban J connectivity index is 1.87. The zero-order chi connectivity index (χ0) is 25.9. The van der Waals surface area contributed by atoms with Gasteiger partial charge in [-0.15, -0.1) is 0 Å². The first kappa shape index (κ1) is 25.5. The van der Waals surface area contributed by atoms with Crippen molar-refractivity contribution in [2.75, 3.05) is 5.32 Å². The van der Waals surface area contributed by atoms with Gasteiger partial charge in [0.25, 0.3) is 0 Å². The van der Waals surface area contributed by atoms with E-state index in [4.69, 9.17) is 9.52 Å². The van der Waals surface area contributed by atoms with Gasteiger partial charge in [0.1, 0.15) is 17.6 Å². The number of halogens is 4. The highest BCUT2D eigenvalue weighted by Gasteiger charge is 2.26. The minimum atomic E-state index is -1.69. The van der Waals surface area contributed by atoms with E-state index in [1.54, 1.807) is 19.1 Å². The number of anilines is 1. The minimum absolute atomic E-state index is 0.0996. The van der Waals surface area contributed by atoms with E-state index < -0.39 is 52.3 Å². The number of nitrogens with one attached hydrogen (secondary N) is 2. The quantitative estimate of drug-likeness (QED) is 0.223. The highest BCUT2D eigenvalue weighted by atomic mass is 19.2. The number of carbonyl (C=O) groups excluding carboxylic acids is 1. The first-order valence-corrected chi connectivity index (χ1v) is 10.5. The number of furan rings is 1. The number of carboxylic acid groups (broad SMARTS) is 1. The van der Waals surface area contributed by atoms with E-state index in [0.717, 1.165) is 12.7 Å². The van der Waals surface area contributed by atoms with E-state index >= 15 is 0 Å². The maximum Gasteiger partial charge on any atom is 0.325 e. The summed E-state index contributed by atoms with van der Waals surface area (Å²) >= 11 is 0. The number of aryl methyl sites for hydroxylation is 1. The molecule has 1 heterocycles. The van der Waals surface area contributed by atoms with Crippen molar-refractivity contribution in [3.63, 3.8) is 0 Å². The molecule has 0 saturated heterocycles. The van der Waals surface area contributed by atoms with E-state index in [-0.39, 0.29) is 11.1 Å². The Hall–Kier alpha value is -4.08. The summed E-state index contributed by atoms with van der Waals surface area (Å²) in [7, 11) is 0. The summed E-state index contributed by atoms with van der Waals surface area (Å²) in [6, 6.07) is 7.91. The Bertz CT molecular complexity index is 1270. The third kappa shape index (κ3) is 5.71. The van der Waals surface area contributed by atoms with E-state index in [1.807, 2.05) is 0 Å². The van der Waals surface area contributed by atoms with Crippen LogP contribution in [0.3, 0.4) is 0 Å². The predicted molar refractivity (Wildman–Crippen MR) is 121 cm³/mol. The lowest BCUT2D eigenvalue weighted by Gasteiger charge is -2.13. The third-order valence-corrected chi connectivity index (χ3v) is 5.17. The summed E-state index contributed by atoms with van der Waals surface area (Å²) < 4.78 is 64.5. The fourth-order valence-electron chi connectivity index (χ4n) is 3.21. The molecule has 3 aromatic rings. The average Bonchev–Trinajstić information content (AvgIpc) is 3.24. The molecule has 1 unspecified atom stereocenters. The normalized spacial score (nSPS) is 12.4. The highest BCUT2D eigenvalue weighted by molar-refractivity contribution is 5.99. The molecule has 35 heavy (non-hydrogen) atoms. The molecule has 0 aliphatic rings. The average molecular weight is 490 g/mol. The van der Waals surface area contributed by atoms with Crippen LogP contribution >= 0.6 is 0 Å². The second-order valence-corrected chi connectivity index (χ2v) is 7.85. The van der Waals surface area contributed by atoms with Crippen LogP contribution in [0.5, 0.6) is 0 Å². The summed E-state index contributed by atoms with van der Waals surface area (Å²) in [6.07, 6.45) is 0.619. The molecule has 3 N–H and O–H groups in total. The molecular weight excluding hydrogens is 468 g/mol. The number of carboxylic acids is 1. The Labute approximate surface area is 198 Å². The third-order valence-electron chi connectivity index (χ3n) is 5.17. The molecule has 184 valence electrons. The van der Waals surface area contributed by atoms with Crippen LogP contribution in [0, 0.1) is 30.2 Å². The summed E-state index contributed by atoms with van der Waals surface area (Å²) in [4.78, 5) is 22.9. The van der Waals surface area contributed by atoms with E-state index in [0.29, 0.717) is 24.1 Å². The molecule has 2 aromatic carbocycles. The standard InChI is InChI=1S/C25H22F4N2O4/c1-12(24(32)31-14(3)25(33)34)10-18-20(26)22(28)19(23(29)21(18)27)15-5-7-16(8-6-15)30-11-17-9-4-13(2)35-17/h4-10,14,30H,11H2,1-3H3,(H,31,32)(H,33,34)/b12-10+. The lowest BCUT2D eigenvalue weighted by molar-refractivity contribution is -0.140. The van der Waals surface area contributed by atoms with Gasteiger partial charge in [-0.1, -0.05) is 12.1 Å². The van der Waals surface area contributed by atoms with Crippen molar-refractivity contribution in [2.45, 2.75) is 33.4 Å². The lowest BCUT2D eigenvalue weighted by Crippen LogP contribution is -2.38. The molecule has 0 saturated carbocycles. The van der Waals surface area contributed by atoms with Crippen molar-refractivity contribution in [2.24, 2.45) is 0 Å². The van der Waals surface area contributed by atoms with Gasteiger partial charge in [-0.2, -0.15) is 0 Å². The molecule has 1 aromatic heterocycles. The molecule has 0 aliphatic carbocycles. The van der Waals surface area contributed by atoms with Crippen LogP contribution in [0.4, 0.5) is 23.2 Å². The Morgan fingerprint density at radius 3 is 2.11 bits per heavy atom. The van der Waals surface area contributed by atoms with Gasteiger partial charge in [-0.3, -0.25) is 9.59 Å². The molecule has 0 spiro atoms. The monoisotopic (exact) mass is 490 g/mol. The Kier molecular flexibility index (Phi) is 7.63. The van der Waals surface area contributed by atoms with Gasteiger partial charge in [0, 0.05) is 11.3 Å². The van der Waals surface area contributed by atoms with Crippen LogP contribution in [-0.4, -0.2) is 23.0 Å². The molecule has 0 fully saturated rings. The molecular formula is C25H22F4N2O4. The molecule has 0 bridgehead atoms. The van der Waals surface area contributed by atoms with Crippen LogP contribution in [0.15, 0.2) is 46.4 Å². The fraction of sp³-hybridized carbons (Fsp3) is 0.200. The van der Waals surface area contributed by atoms with Gasteiger partial charge >= 0.3 is 5.97 Å². The zero-order valence-electron chi connectivity index (χ0n) is 19.0. The van der Waals surface area contributed by atoms with Crippen LogP contribution in [0.25, 0.3) is 17.2 Å². The number of aliphatic carboxylic acids is 1. The number of amides is 1. The Morgan fingerprint density at radius 1 is 1.00 bits per heavy atom.